The van der Waals surface area contributed by atoms with Crippen LogP contribution in [0.1, 0.15) is 49.5 Å². The lowest BCUT2D eigenvalue weighted by molar-refractivity contribution is 0.202. The summed E-state index contributed by atoms with van der Waals surface area (Å²) in [4.78, 5) is 4.01. The van der Waals surface area contributed by atoms with Crippen LogP contribution < -0.4 is 0 Å². The van der Waals surface area contributed by atoms with Gasteiger partial charge in [-0.05, 0) is 25.5 Å². The Kier molecular flexibility index (Phi) is 5.91. The molecule has 2 rings (SSSR count). The Labute approximate surface area is 120 Å². The SMILES string of the molecule is CCN(Cc1cc(C#CCCO)cs1)C1CCCC1. The van der Waals surface area contributed by atoms with Gasteiger partial charge < -0.3 is 5.11 Å². The van der Waals surface area contributed by atoms with Gasteiger partial charge in [-0.25, -0.2) is 0 Å². The molecule has 104 valence electrons. The second-order valence-corrected chi connectivity index (χ2v) is 6.07. The first-order valence-corrected chi connectivity index (χ1v) is 8.12. The molecule has 0 aliphatic heterocycles. The summed E-state index contributed by atoms with van der Waals surface area (Å²) in [7, 11) is 0. The third-order valence-corrected chi connectivity index (χ3v) is 4.65. The second-order valence-electron chi connectivity index (χ2n) is 5.08. The van der Waals surface area contributed by atoms with E-state index in [-0.39, 0.29) is 6.61 Å². The van der Waals surface area contributed by atoms with Crippen molar-refractivity contribution in [1.82, 2.24) is 4.90 Å². The minimum atomic E-state index is 0.148. The van der Waals surface area contributed by atoms with E-state index in [9.17, 15) is 0 Å². The van der Waals surface area contributed by atoms with Crippen molar-refractivity contribution in [2.75, 3.05) is 13.2 Å². The van der Waals surface area contributed by atoms with Crippen LogP contribution in [0.3, 0.4) is 0 Å². The molecule has 1 aliphatic carbocycles. The van der Waals surface area contributed by atoms with Gasteiger partial charge >= 0.3 is 0 Å². The number of rotatable bonds is 5. The number of aliphatic hydroxyl groups excluding tert-OH is 1. The first-order valence-electron chi connectivity index (χ1n) is 7.24. The van der Waals surface area contributed by atoms with Gasteiger partial charge in [0.1, 0.15) is 0 Å². The monoisotopic (exact) mass is 277 g/mol. The largest absolute Gasteiger partial charge is 0.395 e. The molecule has 1 aliphatic rings. The number of nitrogens with zero attached hydrogens (tertiary/aromatic N) is 1. The highest BCUT2D eigenvalue weighted by Crippen LogP contribution is 2.26. The molecule has 19 heavy (non-hydrogen) atoms. The first-order chi connectivity index (χ1) is 9.33. The summed E-state index contributed by atoms with van der Waals surface area (Å²) in [6, 6.07) is 2.99. The minimum Gasteiger partial charge on any atom is -0.395 e. The molecule has 3 heteroatoms. The van der Waals surface area contributed by atoms with Crippen molar-refractivity contribution in [3.05, 3.63) is 21.9 Å². The molecule has 0 unspecified atom stereocenters. The molecular weight excluding hydrogens is 254 g/mol. The molecular formula is C16H23NOS. The van der Waals surface area contributed by atoms with Crippen molar-refractivity contribution in [2.45, 2.75) is 51.6 Å². The number of hydrogen-bond donors (Lipinski definition) is 1. The van der Waals surface area contributed by atoms with E-state index < -0.39 is 0 Å². The topological polar surface area (TPSA) is 23.5 Å². The lowest BCUT2D eigenvalue weighted by Gasteiger charge is -2.26. The van der Waals surface area contributed by atoms with Crippen LogP contribution in [0.5, 0.6) is 0 Å². The highest BCUT2D eigenvalue weighted by atomic mass is 32.1. The fourth-order valence-corrected chi connectivity index (χ4v) is 3.56. The average Bonchev–Trinajstić information content (AvgIpc) is 3.07. The molecule has 0 saturated heterocycles. The van der Waals surface area contributed by atoms with Gasteiger partial charge in [0.05, 0.1) is 6.61 Å². The van der Waals surface area contributed by atoms with Crippen LogP contribution in [-0.4, -0.2) is 29.2 Å². The van der Waals surface area contributed by atoms with E-state index in [4.69, 9.17) is 5.11 Å². The zero-order chi connectivity index (χ0) is 13.5. The van der Waals surface area contributed by atoms with E-state index in [1.165, 1.54) is 30.6 Å². The third-order valence-electron chi connectivity index (χ3n) is 3.73. The van der Waals surface area contributed by atoms with E-state index in [0.29, 0.717) is 6.42 Å². The zero-order valence-corrected chi connectivity index (χ0v) is 12.5. The summed E-state index contributed by atoms with van der Waals surface area (Å²) in [5.41, 5.74) is 1.09. The summed E-state index contributed by atoms with van der Waals surface area (Å²) < 4.78 is 0. The predicted octanol–water partition coefficient (Wildman–Crippen LogP) is 3.25. The van der Waals surface area contributed by atoms with E-state index >= 15 is 0 Å². The molecule has 0 bridgehead atoms. The molecule has 0 amide bonds. The van der Waals surface area contributed by atoms with Gasteiger partial charge in [0.15, 0.2) is 0 Å². The van der Waals surface area contributed by atoms with E-state index in [0.717, 1.165) is 24.7 Å². The van der Waals surface area contributed by atoms with Crippen LogP contribution in [0, 0.1) is 11.8 Å². The lowest BCUT2D eigenvalue weighted by Crippen LogP contribution is -2.32. The molecule has 1 heterocycles. The van der Waals surface area contributed by atoms with Crippen LogP contribution in [-0.2, 0) is 6.54 Å². The summed E-state index contributed by atoms with van der Waals surface area (Å²) in [6.45, 7) is 4.60. The summed E-state index contributed by atoms with van der Waals surface area (Å²) in [6.07, 6.45) is 6.08. The summed E-state index contributed by atoms with van der Waals surface area (Å²) in [5.74, 6) is 6.09. The molecule has 0 radical (unpaired) electrons. The quantitative estimate of drug-likeness (QED) is 0.835. The van der Waals surface area contributed by atoms with Crippen molar-refractivity contribution in [3.63, 3.8) is 0 Å². The van der Waals surface area contributed by atoms with Crippen LogP contribution in [0.2, 0.25) is 0 Å². The number of thiophene rings is 1. The van der Waals surface area contributed by atoms with Crippen LogP contribution in [0.25, 0.3) is 0 Å². The van der Waals surface area contributed by atoms with Gasteiger partial charge in [0.25, 0.3) is 0 Å². The van der Waals surface area contributed by atoms with Gasteiger partial charge in [-0.15, -0.1) is 11.3 Å². The number of hydrogen-bond acceptors (Lipinski definition) is 3. The van der Waals surface area contributed by atoms with Crippen molar-refractivity contribution < 1.29 is 5.11 Å². The van der Waals surface area contributed by atoms with E-state index in [1.807, 2.05) is 0 Å². The summed E-state index contributed by atoms with van der Waals surface area (Å²) >= 11 is 1.80. The molecule has 1 saturated carbocycles. The van der Waals surface area contributed by atoms with Crippen LogP contribution in [0.15, 0.2) is 11.4 Å². The average molecular weight is 277 g/mol. The van der Waals surface area contributed by atoms with Crippen molar-refractivity contribution in [1.29, 1.82) is 0 Å². The zero-order valence-electron chi connectivity index (χ0n) is 11.7. The molecule has 1 aromatic heterocycles. The first kappa shape index (κ1) is 14.6. The number of aliphatic hydroxyl groups is 1. The third kappa shape index (κ3) is 4.35. The molecule has 2 nitrogen and oxygen atoms in total. The maximum atomic E-state index is 8.72. The Balaban J connectivity index is 1.92. The fraction of sp³-hybridized carbons (Fsp3) is 0.625. The van der Waals surface area contributed by atoms with Crippen molar-refractivity contribution in [2.24, 2.45) is 0 Å². The molecule has 1 aromatic rings. The van der Waals surface area contributed by atoms with Gasteiger partial charge in [-0.2, -0.15) is 0 Å². The summed E-state index contributed by atoms with van der Waals surface area (Å²) in [5, 5.41) is 10.8. The Hall–Kier alpha value is -0.820. The molecule has 0 spiro atoms. The Morgan fingerprint density at radius 3 is 2.89 bits per heavy atom. The fourth-order valence-electron chi connectivity index (χ4n) is 2.72. The van der Waals surface area contributed by atoms with Gasteiger partial charge in [-0.1, -0.05) is 31.6 Å². The van der Waals surface area contributed by atoms with Gasteiger partial charge in [-0.3, -0.25) is 4.90 Å². The Bertz CT molecular complexity index is 437. The van der Waals surface area contributed by atoms with Crippen LogP contribution in [0.4, 0.5) is 0 Å². The second kappa shape index (κ2) is 7.69. The highest BCUT2D eigenvalue weighted by molar-refractivity contribution is 7.10. The standard InChI is InChI=1S/C16H23NOS/c1-2-17(15-8-3-4-9-15)12-16-11-14(13-19-16)7-5-6-10-18/h11,13,15,18H,2-4,6,8-10,12H2,1H3. The molecule has 1 fully saturated rings. The Morgan fingerprint density at radius 2 is 2.21 bits per heavy atom. The molecule has 1 N–H and O–H groups in total. The highest BCUT2D eigenvalue weighted by Gasteiger charge is 2.21. The smallest absolute Gasteiger partial charge is 0.0540 e. The maximum absolute atomic E-state index is 8.72. The predicted molar refractivity (Wildman–Crippen MR) is 81.2 cm³/mol. The minimum absolute atomic E-state index is 0.148. The lowest BCUT2D eigenvalue weighted by atomic mass is 10.2. The normalized spacial score (nSPS) is 15.7. The maximum Gasteiger partial charge on any atom is 0.0540 e. The van der Waals surface area contributed by atoms with Crippen molar-refractivity contribution >= 4 is 11.3 Å². The van der Waals surface area contributed by atoms with Gasteiger partial charge in [0.2, 0.25) is 0 Å². The van der Waals surface area contributed by atoms with E-state index in [1.54, 1.807) is 11.3 Å². The van der Waals surface area contributed by atoms with E-state index in [2.05, 4.69) is 35.1 Å². The molecule has 0 atom stereocenters. The van der Waals surface area contributed by atoms with Crippen LogP contribution >= 0.6 is 11.3 Å². The van der Waals surface area contributed by atoms with Gasteiger partial charge in [0, 0.05) is 34.8 Å². The van der Waals surface area contributed by atoms with Crippen molar-refractivity contribution in [3.8, 4) is 11.8 Å². The Morgan fingerprint density at radius 1 is 1.42 bits per heavy atom. The molecule has 0 aromatic carbocycles.